The molecule has 1 rings (SSSR count). The molecule has 0 amide bonds. The highest BCUT2D eigenvalue weighted by atomic mass is 32.2. The Morgan fingerprint density at radius 2 is 2.17 bits per heavy atom. The number of carboxylic acid groups (broad SMARTS) is 1. The van der Waals surface area contributed by atoms with E-state index in [4.69, 9.17) is 10.4 Å². The van der Waals surface area contributed by atoms with E-state index in [9.17, 15) is 13.2 Å². The molecule has 0 spiro atoms. The second-order valence-electron chi connectivity index (χ2n) is 3.59. The standard InChI is InChI=1S/C11H12N2O4S/c1-8-3-4-9(11(14)15)7-10(8)18(16,17)13-6-2-5-12/h3-4,7,13H,2,6H2,1H3,(H,14,15). The summed E-state index contributed by atoms with van der Waals surface area (Å²) in [4.78, 5) is 10.7. The van der Waals surface area contributed by atoms with Crippen molar-refractivity contribution in [1.82, 2.24) is 4.72 Å². The molecule has 1 aromatic rings. The van der Waals surface area contributed by atoms with Crippen molar-refractivity contribution in [2.24, 2.45) is 0 Å². The van der Waals surface area contributed by atoms with Crippen molar-refractivity contribution in [3.05, 3.63) is 29.3 Å². The molecule has 0 saturated carbocycles. The van der Waals surface area contributed by atoms with E-state index in [0.29, 0.717) is 5.56 Å². The van der Waals surface area contributed by atoms with Crippen LogP contribution in [0, 0.1) is 18.3 Å². The molecule has 0 aliphatic heterocycles. The number of nitrogens with one attached hydrogen (secondary N) is 1. The number of hydrogen-bond acceptors (Lipinski definition) is 4. The topological polar surface area (TPSA) is 107 Å². The van der Waals surface area contributed by atoms with E-state index in [1.165, 1.54) is 12.1 Å². The Balaban J connectivity index is 3.12. The number of carboxylic acids is 1. The highest BCUT2D eigenvalue weighted by Gasteiger charge is 2.18. The maximum absolute atomic E-state index is 11.9. The molecule has 0 heterocycles. The van der Waals surface area contributed by atoms with Crippen molar-refractivity contribution < 1.29 is 18.3 Å². The van der Waals surface area contributed by atoms with E-state index in [2.05, 4.69) is 4.72 Å². The monoisotopic (exact) mass is 268 g/mol. The smallest absolute Gasteiger partial charge is 0.335 e. The Kier molecular flexibility index (Phi) is 4.42. The highest BCUT2D eigenvalue weighted by Crippen LogP contribution is 2.17. The average molecular weight is 268 g/mol. The van der Waals surface area contributed by atoms with Gasteiger partial charge in [-0.2, -0.15) is 5.26 Å². The zero-order valence-electron chi connectivity index (χ0n) is 9.67. The lowest BCUT2D eigenvalue weighted by Gasteiger charge is -2.08. The van der Waals surface area contributed by atoms with E-state index in [0.717, 1.165) is 6.07 Å². The molecule has 2 N–H and O–H groups in total. The molecule has 0 saturated heterocycles. The number of nitrogens with zero attached hydrogens (tertiary/aromatic N) is 1. The van der Waals surface area contributed by atoms with Crippen LogP contribution < -0.4 is 4.72 Å². The lowest BCUT2D eigenvalue weighted by atomic mass is 10.1. The summed E-state index contributed by atoms with van der Waals surface area (Å²) in [6, 6.07) is 5.69. The van der Waals surface area contributed by atoms with Gasteiger partial charge in [-0.1, -0.05) is 6.07 Å². The van der Waals surface area contributed by atoms with Crippen LogP contribution in [0.5, 0.6) is 0 Å². The average Bonchev–Trinajstić information content (AvgIpc) is 2.29. The van der Waals surface area contributed by atoms with Crippen molar-refractivity contribution >= 4 is 16.0 Å². The molecule has 0 fully saturated rings. The molecular weight excluding hydrogens is 256 g/mol. The SMILES string of the molecule is Cc1ccc(C(=O)O)cc1S(=O)(=O)NCCC#N. The summed E-state index contributed by atoms with van der Waals surface area (Å²) in [5.41, 5.74) is 0.353. The van der Waals surface area contributed by atoms with Gasteiger partial charge in [0.05, 0.1) is 16.5 Å². The molecule has 18 heavy (non-hydrogen) atoms. The first-order chi connectivity index (χ1) is 8.38. The fraction of sp³-hybridized carbons (Fsp3) is 0.273. The number of sulfonamides is 1. The van der Waals surface area contributed by atoms with E-state index in [1.807, 2.05) is 6.07 Å². The highest BCUT2D eigenvalue weighted by molar-refractivity contribution is 7.89. The third-order valence-electron chi connectivity index (χ3n) is 2.25. The summed E-state index contributed by atoms with van der Waals surface area (Å²) >= 11 is 0. The minimum Gasteiger partial charge on any atom is -0.478 e. The van der Waals surface area contributed by atoms with Crippen LogP contribution in [0.3, 0.4) is 0 Å². The Morgan fingerprint density at radius 1 is 1.50 bits per heavy atom. The van der Waals surface area contributed by atoms with Gasteiger partial charge < -0.3 is 5.11 Å². The quantitative estimate of drug-likeness (QED) is 0.771. The van der Waals surface area contributed by atoms with Gasteiger partial charge in [-0.15, -0.1) is 0 Å². The normalized spacial score (nSPS) is 10.9. The first-order valence-electron chi connectivity index (χ1n) is 5.09. The van der Waals surface area contributed by atoms with Gasteiger partial charge in [0.25, 0.3) is 0 Å². The van der Waals surface area contributed by atoms with Crippen LogP contribution in [-0.4, -0.2) is 26.0 Å². The Labute approximate surface area is 105 Å². The molecule has 0 atom stereocenters. The Morgan fingerprint density at radius 3 is 2.72 bits per heavy atom. The van der Waals surface area contributed by atoms with E-state index in [1.54, 1.807) is 6.92 Å². The third-order valence-corrected chi connectivity index (χ3v) is 3.86. The minimum atomic E-state index is -3.78. The fourth-order valence-electron chi connectivity index (χ4n) is 1.34. The number of carbonyl (C=O) groups is 1. The summed E-state index contributed by atoms with van der Waals surface area (Å²) in [6.07, 6.45) is 0.0525. The van der Waals surface area contributed by atoms with E-state index < -0.39 is 16.0 Å². The van der Waals surface area contributed by atoms with Gasteiger partial charge in [0.1, 0.15) is 0 Å². The predicted molar refractivity (Wildman–Crippen MR) is 63.6 cm³/mol. The van der Waals surface area contributed by atoms with Crippen LogP contribution in [0.1, 0.15) is 22.3 Å². The minimum absolute atomic E-state index is 0.00439. The zero-order chi connectivity index (χ0) is 13.8. The van der Waals surface area contributed by atoms with E-state index >= 15 is 0 Å². The van der Waals surface area contributed by atoms with Crippen molar-refractivity contribution in [2.45, 2.75) is 18.2 Å². The van der Waals surface area contributed by atoms with Crippen molar-refractivity contribution in [3.8, 4) is 6.07 Å². The van der Waals surface area contributed by atoms with Crippen LogP contribution in [-0.2, 0) is 10.0 Å². The zero-order valence-corrected chi connectivity index (χ0v) is 10.5. The summed E-state index contributed by atoms with van der Waals surface area (Å²) < 4.78 is 26.0. The molecule has 0 aliphatic rings. The van der Waals surface area contributed by atoms with Gasteiger partial charge in [0.15, 0.2) is 0 Å². The largest absolute Gasteiger partial charge is 0.478 e. The Bertz CT molecular complexity index is 602. The number of hydrogen-bond donors (Lipinski definition) is 2. The Hall–Kier alpha value is -1.91. The molecule has 7 heteroatoms. The maximum atomic E-state index is 11.9. The summed E-state index contributed by atoms with van der Waals surface area (Å²) in [6.45, 7) is 1.57. The molecule has 0 bridgehead atoms. The van der Waals surface area contributed by atoms with Gasteiger partial charge in [-0.05, 0) is 24.6 Å². The van der Waals surface area contributed by atoms with Crippen molar-refractivity contribution in [2.75, 3.05) is 6.54 Å². The second-order valence-corrected chi connectivity index (χ2v) is 5.33. The first-order valence-corrected chi connectivity index (χ1v) is 6.57. The second kappa shape index (κ2) is 5.62. The lowest BCUT2D eigenvalue weighted by molar-refractivity contribution is 0.0696. The lowest BCUT2D eigenvalue weighted by Crippen LogP contribution is -2.25. The number of benzene rings is 1. The van der Waals surface area contributed by atoms with Crippen LogP contribution in [0.15, 0.2) is 23.1 Å². The predicted octanol–water partition coefficient (Wildman–Crippen LogP) is 0.885. The molecule has 0 aliphatic carbocycles. The van der Waals surface area contributed by atoms with Gasteiger partial charge >= 0.3 is 5.97 Å². The van der Waals surface area contributed by atoms with Crippen LogP contribution in [0.25, 0.3) is 0 Å². The number of nitriles is 1. The number of rotatable bonds is 5. The van der Waals surface area contributed by atoms with E-state index in [-0.39, 0.29) is 23.4 Å². The molecule has 0 unspecified atom stereocenters. The van der Waals surface area contributed by atoms with Crippen LogP contribution >= 0.6 is 0 Å². The summed E-state index contributed by atoms with van der Waals surface area (Å²) in [7, 11) is -3.78. The number of aryl methyl sites for hydroxylation is 1. The van der Waals surface area contributed by atoms with Gasteiger partial charge in [0.2, 0.25) is 10.0 Å². The molecular formula is C11H12N2O4S. The van der Waals surface area contributed by atoms with Crippen LogP contribution in [0.2, 0.25) is 0 Å². The van der Waals surface area contributed by atoms with Gasteiger partial charge in [-0.25, -0.2) is 17.9 Å². The van der Waals surface area contributed by atoms with Crippen molar-refractivity contribution in [1.29, 1.82) is 5.26 Å². The third kappa shape index (κ3) is 3.29. The van der Waals surface area contributed by atoms with Gasteiger partial charge in [-0.3, -0.25) is 0 Å². The summed E-state index contributed by atoms with van der Waals surface area (Å²) in [5, 5.41) is 17.2. The number of aromatic carboxylic acids is 1. The van der Waals surface area contributed by atoms with Crippen LogP contribution in [0.4, 0.5) is 0 Å². The molecule has 96 valence electrons. The molecule has 0 aromatic heterocycles. The fourth-order valence-corrected chi connectivity index (χ4v) is 2.64. The van der Waals surface area contributed by atoms with Crippen molar-refractivity contribution in [3.63, 3.8) is 0 Å². The molecule has 6 nitrogen and oxygen atoms in total. The molecule has 0 radical (unpaired) electrons. The summed E-state index contributed by atoms with van der Waals surface area (Å²) in [5.74, 6) is -1.19. The molecule has 1 aromatic carbocycles. The van der Waals surface area contributed by atoms with Gasteiger partial charge in [0, 0.05) is 13.0 Å². The first kappa shape index (κ1) is 14.2. The maximum Gasteiger partial charge on any atom is 0.335 e.